The Kier molecular flexibility index (Phi) is 5.13. The highest BCUT2D eigenvalue weighted by Crippen LogP contribution is 2.28. The SMILES string of the molecule is C[C@H](c1nc2ccccc2s1)N(C)C(=O)COC(=O)c1ccc[nH]c1=O. The molecule has 7 nitrogen and oxygen atoms in total. The second kappa shape index (κ2) is 7.49. The van der Waals surface area contributed by atoms with Crippen LogP contribution in [0.4, 0.5) is 0 Å². The van der Waals surface area contributed by atoms with Gasteiger partial charge in [-0.15, -0.1) is 11.3 Å². The van der Waals surface area contributed by atoms with Gasteiger partial charge in [0.2, 0.25) is 0 Å². The summed E-state index contributed by atoms with van der Waals surface area (Å²) in [4.78, 5) is 44.2. The Morgan fingerprint density at radius 1 is 1.27 bits per heavy atom. The Morgan fingerprint density at radius 3 is 2.77 bits per heavy atom. The van der Waals surface area contributed by atoms with Crippen molar-refractivity contribution in [2.75, 3.05) is 13.7 Å². The average molecular weight is 371 g/mol. The van der Waals surface area contributed by atoms with E-state index in [2.05, 4.69) is 9.97 Å². The van der Waals surface area contributed by atoms with Crippen LogP contribution >= 0.6 is 11.3 Å². The Balaban J connectivity index is 1.64. The van der Waals surface area contributed by atoms with E-state index in [1.54, 1.807) is 7.05 Å². The van der Waals surface area contributed by atoms with Gasteiger partial charge in [-0.3, -0.25) is 9.59 Å². The van der Waals surface area contributed by atoms with E-state index < -0.39 is 18.1 Å². The lowest BCUT2D eigenvalue weighted by molar-refractivity contribution is -0.135. The molecule has 2 heterocycles. The number of amides is 1. The standard InChI is InChI=1S/C18H17N3O4S/c1-11(17-20-13-7-3-4-8-14(13)26-17)21(2)15(22)10-25-18(24)12-6-5-9-19-16(12)23/h3-9,11H,10H2,1-2H3,(H,19,23)/t11-/m1/s1. The number of esters is 1. The maximum absolute atomic E-state index is 12.3. The predicted molar refractivity (Wildman–Crippen MR) is 98.2 cm³/mol. The molecule has 0 aliphatic rings. The topological polar surface area (TPSA) is 92.4 Å². The van der Waals surface area contributed by atoms with Gasteiger partial charge in [0.25, 0.3) is 11.5 Å². The van der Waals surface area contributed by atoms with Crippen LogP contribution in [0.25, 0.3) is 10.2 Å². The third kappa shape index (κ3) is 3.65. The van der Waals surface area contributed by atoms with Gasteiger partial charge >= 0.3 is 5.97 Å². The summed E-state index contributed by atoms with van der Waals surface area (Å²) < 4.78 is 6.02. The van der Waals surface area contributed by atoms with E-state index in [1.165, 1.54) is 34.6 Å². The minimum Gasteiger partial charge on any atom is -0.452 e. The molecule has 0 aliphatic heterocycles. The molecule has 1 aromatic carbocycles. The molecule has 134 valence electrons. The quantitative estimate of drug-likeness (QED) is 0.695. The summed E-state index contributed by atoms with van der Waals surface area (Å²) in [5.41, 5.74) is 0.193. The molecule has 0 unspecified atom stereocenters. The highest BCUT2D eigenvalue weighted by molar-refractivity contribution is 7.18. The first-order valence-corrected chi connectivity index (χ1v) is 8.75. The zero-order valence-electron chi connectivity index (χ0n) is 14.3. The van der Waals surface area contributed by atoms with Gasteiger partial charge in [0.05, 0.1) is 16.3 Å². The van der Waals surface area contributed by atoms with Crippen LogP contribution in [0.3, 0.4) is 0 Å². The van der Waals surface area contributed by atoms with Crippen LogP contribution in [0.1, 0.15) is 28.3 Å². The van der Waals surface area contributed by atoms with Crippen molar-refractivity contribution in [1.82, 2.24) is 14.9 Å². The highest BCUT2D eigenvalue weighted by atomic mass is 32.1. The molecular weight excluding hydrogens is 354 g/mol. The van der Waals surface area contributed by atoms with Crippen molar-refractivity contribution in [1.29, 1.82) is 0 Å². The van der Waals surface area contributed by atoms with Gasteiger partial charge in [-0.05, 0) is 31.2 Å². The Bertz CT molecular complexity index is 978. The van der Waals surface area contributed by atoms with Crippen LogP contribution in [-0.4, -0.2) is 40.4 Å². The maximum atomic E-state index is 12.3. The van der Waals surface area contributed by atoms with Crippen molar-refractivity contribution in [3.63, 3.8) is 0 Å². The first kappa shape index (κ1) is 17.8. The monoisotopic (exact) mass is 371 g/mol. The van der Waals surface area contributed by atoms with Crippen LogP contribution in [0.5, 0.6) is 0 Å². The van der Waals surface area contributed by atoms with E-state index in [9.17, 15) is 14.4 Å². The number of rotatable bonds is 5. The molecule has 1 N–H and O–H groups in total. The van der Waals surface area contributed by atoms with Gasteiger partial charge in [0, 0.05) is 13.2 Å². The summed E-state index contributed by atoms with van der Waals surface area (Å²) in [6.45, 7) is 1.41. The number of ether oxygens (including phenoxy) is 1. The summed E-state index contributed by atoms with van der Waals surface area (Å²) in [6, 6.07) is 10.3. The van der Waals surface area contributed by atoms with Crippen LogP contribution in [0.15, 0.2) is 47.4 Å². The molecular formula is C18H17N3O4S. The van der Waals surface area contributed by atoms with E-state index in [1.807, 2.05) is 31.2 Å². The molecule has 26 heavy (non-hydrogen) atoms. The summed E-state index contributed by atoms with van der Waals surface area (Å²) >= 11 is 1.52. The number of aromatic nitrogens is 2. The molecule has 0 aliphatic carbocycles. The fourth-order valence-electron chi connectivity index (χ4n) is 2.34. The summed E-state index contributed by atoms with van der Waals surface area (Å²) in [5.74, 6) is -1.21. The second-order valence-corrected chi connectivity index (χ2v) is 6.75. The van der Waals surface area contributed by atoms with E-state index >= 15 is 0 Å². The molecule has 8 heteroatoms. The van der Waals surface area contributed by atoms with Gasteiger partial charge in [-0.1, -0.05) is 12.1 Å². The molecule has 2 aromatic heterocycles. The van der Waals surface area contributed by atoms with E-state index in [0.717, 1.165) is 15.2 Å². The summed E-state index contributed by atoms with van der Waals surface area (Å²) in [7, 11) is 1.63. The zero-order chi connectivity index (χ0) is 18.7. The van der Waals surface area contributed by atoms with E-state index in [-0.39, 0.29) is 17.5 Å². The number of hydrogen-bond donors (Lipinski definition) is 1. The number of pyridine rings is 1. The van der Waals surface area contributed by atoms with Crippen molar-refractivity contribution >= 4 is 33.4 Å². The van der Waals surface area contributed by atoms with Gasteiger partial charge < -0.3 is 14.6 Å². The minimum absolute atomic E-state index is 0.137. The van der Waals surface area contributed by atoms with Crippen molar-refractivity contribution in [3.8, 4) is 0 Å². The largest absolute Gasteiger partial charge is 0.452 e. The van der Waals surface area contributed by atoms with Crippen LogP contribution in [-0.2, 0) is 9.53 Å². The molecule has 1 amide bonds. The zero-order valence-corrected chi connectivity index (χ0v) is 15.1. The molecule has 0 saturated heterocycles. The molecule has 0 saturated carbocycles. The number of nitrogens with zero attached hydrogens (tertiary/aromatic N) is 2. The maximum Gasteiger partial charge on any atom is 0.344 e. The third-order valence-electron chi connectivity index (χ3n) is 4.01. The lowest BCUT2D eigenvalue weighted by Gasteiger charge is -2.23. The fourth-order valence-corrected chi connectivity index (χ4v) is 3.40. The number of hydrogen-bond acceptors (Lipinski definition) is 6. The number of carbonyl (C=O) groups is 2. The first-order valence-electron chi connectivity index (χ1n) is 7.93. The van der Waals surface area contributed by atoms with Gasteiger partial charge in [0.15, 0.2) is 6.61 Å². The first-order chi connectivity index (χ1) is 12.5. The Hall–Kier alpha value is -3.00. The highest BCUT2D eigenvalue weighted by Gasteiger charge is 2.22. The van der Waals surface area contributed by atoms with Crippen molar-refractivity contribution in [3.05, 3.63) is 63.5 Å². The van der Waals surface area contributed by atoms with Crippen molar-refractivity contribution in [2.45, 2.75) is 13.0 Å². The number of carbonyl (C=O) groups excluding carboxylic acids is 2. The van der Waals surface area contributed by atoms with Gasteiger partial charge in [-0.2, -0.15) is 0 Å². The molecule has 0 radical (unpaired) electrons. The second-order valence-electron chi connectivity index (χ2n) is 5.69. The average Bonchev–Trinajstić information content (AvgIpc) is 3.09. The van der Waals surface area contributed by atoms with E-state index in [4.69, 9.17) is 4.74 Å². The number of benzene rings is 1. The number of nitrogens with one attached hydrogen (secondary N) is 1. The molecule has 0 fully saturated rings. The molecule has 3 aromatic rings. The lowest BCUT2D eigenvalue weighted by Crippen LogP contribution is -2.34. The molecule has 3 rings (SSSR count). The number of fused-ring (bicyclic) bond motifs is 1. The van der Waals surface area contributed by atoms with Crippen LogP contribution in [0, 0.1) is 0 Å². The normalized spacial score (nSPS) is 11.9. The lowest BCUT2D eigenvalue weighted by atomic mass is 10.3. The third-order valence-corrected chi connectivity index (χ3v) is 5.21. The number of likely N-dealkylation sites (N-methyl/N-ethyl adjacent to an activating group) is 1. The Morgan fingerprint density at radius 2 is 2.04 bits per heavy atom. The van der Waals surface area contributed by atoms with Crippen molar-refractivity contribution < 1.29 is 14.3 Å². The number of para-hydroxylation sites is 1. The van der Waals surface area contributed by atoms with Crippen LogP contribution < -0.4 is 5.56 Å². The summed E-state index contributed by atoms with van der Waals surface area (Å²) in [5, 5.41) is 0.799. The van der Waals surface area contributed by atoms with E-state index in [0.29, 0.717) is 0 Å². The number of aromatic amines is 1. The molecule has 0 bridgehead atoms. The van der Waals surface area contributed by atoms with Crippen molar-refractivity contribution in [2.24, 2.45) is 0 Å². The fraction of sp³-hybridized carbons (Fsp3) is 0.222. The van der Waals surface area contributed by atoms with Gasteiger partial charge in [-0.25, -0.2) is 9.78 Å². The number of thiazole rings is 1. The molecule has 1 atom stereocenters. The van der Waals surface area contributed by atoms with Gasteiger partial charge in [0.1, 0.15) is 10.6 Å². The number of H-pyrrole nitrogens is 1. The minimum atomic E-state index is -0.832. The van der Waals surface area contributed by atoms with Crippen LogP contribution in [0.2, 0.25) is 0 Å². The smallest absolute Gasteiger partial charge is 0.344 e. The summed E-state index contributed by atoms with van der Waals surface area (Å²) in [6.07, 6.45) is 1.41. The molecule has 0 spiro atoms. The Labute approximate surface area is 153 Å². The predicted octanol–water partition coefficient (Wildman–Crippen LogP) is 2.36.